The molecule has 2 rings (SSSR count). The zero-order valence-electron chi connectivity index (χ0n) is 12.0. The molecule has 0 spiro atoms. The van der Waals surface area contributed by atoms with Gasteiger partial charge in [-0.1, -0.05) is 11.8 Å². The second kappa shape index (κ2) is 7.08. The number of aliphatic hydroxyl groups excluding tert-OH is 1. The Morgan fingerprint density at radius 2 is 2.40 bits per heavy atom. The van der Waals surface area contributed by atoms with Crippen molar-refractivity contribution in [2.24, 2.45) is 5.92 Å². The van der Waals surface area contributed by atoms with Crippen molar-refractivity contribution in [3.8, 4) is 0 Å². The van der Waals surface area contributed by atoms with Crippen LogP contribution in [0.2, 0.25) is 0 Å². The van der Waals surface area contributed by atoms with E-state index in [9.17, 15) is 9.90 Å². The summed E-state index contributed by atoms with van der Waals surface area (Å²) < 4.78 is 1.95. The number of carbonyl (C=O) groups excluding carboxylic acids is 1. The molecular formula is C13H22N4O2S. The molecule has 2 atom stereocenters. The van der Waals surface area contributed by atoms with Gasteiger partial charge in [0.05, 0.1) is 11.9 Å². The SMILES string of the molecule is CC(C)n1cnnc1SCC(=O)NCC1CCC(O)C1. The van der Waals surface area contributed by atoms with E-state index in [2.05, 4.69) is 29.4 Å². The lowest BCUT2D eigenvalue weighted by Crippen LogP contribution is -2.30. The molecule has 20 heavy (non-hydrogen) atoms. The number of aromatic nitrogens is 3. The maximum Gasteiger partial charge on any atom is 0.230 e. The predicted octanol–water partition coefficient (Wildman–Crippen LogP) is 1.23. The summed E-state index contributed by atoms with van der Waals surface area (Å²) in [5.41, 5.74) is 0. The first-order valence-corrected chi connectivity index (χ1v) is 8.02. The van der Waals surface area contributed by atoms with Gasteiger partial charge >= 0.3 is 0 Å². The number of carbonyl (C=O) groups is 1. The van der Waals surface area contributed by atoms with Crippen LogP contribution in [0.25, 0.3) is 0 Å². The Bertz CT molecular complexity index is 449. The topological polar surface area (TPSA) is 80.0 Å². The fourth-order valence-corrected chi connectivity index (χ4v) is 3.24. The molecule has 1 aliphatic rings. The molecule has 1 saturated carbocycles. The standard InChI is InChI=1S/C13H22N4O2S/c1-9(2)17-8-15-16-13(17)20-7-12(19)14-6-10-3-4-11(18)5-10/h8-11,18H,3-7H2,1-2H3,(H,14,19). The van der Waals surface area contributed by atoms with Crippen LogP contribution < -0.4 is 5.32 Å². The maximum absolute atomic E-state index is 11.8. The highest BCUT2D eigenvalue weighted by Crippen LogP contribution is 2.24. The highest BCUT2D eigenvalue weighted by molar-refractivity contribution is 7.99. The molecule has 112 valence electrons. The van der Waals surface area contributed by atoms with Crippen molar-refractivity contribution in [1.29, 1.82) is 0 Å². The van der Waals surface area contributed by atoms with Gasteiger partial charge in [-0.25, -0.2) is 0 Å². The Balaban J connectivity index is 1.71. The average Bonchev–Trinajstić information content (AvgIpc) is 3.02. The van der Waals surface area contributed by atoms with Crippen LogP contribution in [0.1, 0.15) is 39.2 Å². The van der Waals surface area contributed by atoms with Gasteiger partial charge in [0.2, 0.25) is 5.91 Å². The maximum atomic E-state index is 11.8. The fourth-order valence-electron chi connectivity index (χ4n) is 2.36. The molecule has 1 heterocycles. The molecule has 1 aromatic heterocycles. The first-order valence-electron chi connectivity index (χ1n) is 7.03. The summed E-state index contributed by atoms with van der Waals surface area (Å²) in [5.74, 6) is 0.772. The number of nitrogens with one attached hydrogen (secondary N) is 1. The number of hydrogen-bond acceptors (Lipinski definition) is 5. The number of thioether (sulfide) groups is 1. The zero-order valence-corrected chi connectivity index (χ0v) is 12.8. The van der Waals surface area contributed by atoms with Crippen LogP contribution in [0.5, 0.6) is 0 Å². The van der Waals surface area contributed by atoms with Gasteiger partial charge in [0, 0.05) is 12.6 Å². The van der Waals surface area contributed by atoms with Gasteiger partial charge in [-0.2, -0.15) is 0 Å². The Hall–Kier alpha value is -1.08. The van der Waals surface area contributed by atoms with Gasteiger partial charge in [0.1, 0.15) is 6.33 Å². The third-order valence-corrected chi connectivity index (χ3v) is 4.49. The first-order chi connectivity index (χ1) is 9.56. The third-order valence-electron chi connectivity index (χ3n) is 3.53. The van der Waals surface area contributed by atoms with E-state index in [-0.39, 0.29) is 18.1 Å². The number of amides is 1. The van der Waals surface area contributed by atoms with Crippen LogP contribution in [0.15, 0.2) is 11.5 Å². The summed E-state index contributed by atoms with van der Waals surface area (Å²) in [7, 11) is 0. The molecule has 1 fully saturated rings. The lowest BCUT2D eigenvalue weighted by molar-refractivity contribution is -0.118. The highest BCUT2D eigenvalue weighted by atomic mass is 32.2. The zero-order chi connectivity index (χ0) is 14.5. The molecule has 0 saturated heterocycles. The molecule has 1 aliphatic carbocycles. The predicted molar refractivity (Wildman–Crippen MR) is 77.5 cm³/mol. The number of aliphatic hydroxyl groups is 1. The van der Waals surface area contributed by atoms with Crippen LogP contribution in [0, 0.1) is 5.92 Å². The molecule has 2 unspecified atom stereocenters. The normalized spacial score (nSPS) is 22.4. The molecule has 1 amide bonds. The molecule has 2 N–H and O–H groups in total. The number of hydrogen-bond donors (Lipinski definition) is 2. The summed E-state index contributed by atoms with van der Waals surface area (Å²) in [5, 5.41) is 21.0. The van der Waals surface area contributed by atoms with Crippen molar-refractivity contribution >= 4 is 17.7 Å². The van der Waals surface area contributed by atoms with E-state index in [1.807, 2.05) is 4.57 Å². The van der Waals surface area contributed by atoms with Crippen molar-refractivity contribution in [2.75, 3.05) is 12.3 Å². The Kier molecular flexibility index (Phi) is 5.42. The molecular weight excluding hydrogens is 276 g/mol. The summed E-state index contributed by atoms with van der Waals surface area (Å²) in [6, 6.07) is 0.288. The van der Waals surface area contributed by atoms with Gasteiger partial charge in [0.25, 0.3) is 0 Å². The minimum atomic E-state index is -0.184. The van der Waals surface area contributed by atoms with Crippen molar-refractivity contribution < 1.29 is 9.90 Å². The molecule has 6 nitrogen and oxygen atoms in total. The van der Waals surface area contributed by atoms with Crippen LogP contribution in [0.4, 0.5) is 0 Å². The van der Waals surface area contributed by atoms with Gasteiger partial charge in [-0.3, -0.25) is 4.79 Å². The minimum Gasteiger partial charge on any atom is -0.393 e. The van der Waals surface area contributed by atoms with Gasteiger partial charge in [-0.05, 0) is 39.0 Å². The molecule has 0 radical (unpaired) electrons. The van der Waals surface area contributed by atoms with E-state index in [0.29, 0.717) is 18.2 Å². The summed E-state index contributed by atoms with van der Waals surface area (Å²) in [6.07, 6.45) is 4.15. The van der Waals surface area contributed by atoms with E-state index in [4.69, 9.17) is 0 Å². The largest absolute Gasteiger partial charge is 0.393 e. The van der Waals surface area contributed by atoms with E-state index in [0.717, 1.165) is 24.4 Å². The fraction of sp³-hybridized carbons (Fsp3) is 0.769. The van der Waals surface area contributed by atoms with Crippen LogP contribution in [-0.2, 0) is 4.79 Å². The Labute approximate surface area is 123 Å². The average molecular weight is 298 g/mol. The van der Waals surface area contributed by atoms with Gasteiger partial charge < -0.3 is 15.0 Å². The van der Waals surface area contributed by atoms with Crippen molar-refractivity contribution in [1.82, 2.24) is 20.1 Å². The first kappa shape index (κ1) is 15.3. The van der Waals surface area contributed by atoms with Crippen molar-refractivity contribution in [3.63, 3.8) is 0 Å². The molecule has 0 bridgehead atoms. The lowest BCUT2D eigenvalue weighted by Gasteiger charge is -2.11. The molecule has 0 aromatic carbocycles. The summed E-state index contributed by atoms with van der Waals surface area (Å²) >= 11 is 1.40. The van der Waals surface area contributed by atoms with Gasteiger partial charge in [-0.15, -0.1) is 10.2 Å². The van der Waals surface area contributed by atoms with Crippen molar-refractivity contribution in [2.45, 2.75) is 50.4 Å². The third kappa shape index (κ3) is 4.21. The number of nitrogens with zero attached hydrogens (tertiary/aromatic N) is 3. The van der Waals surface area contributed by atoms with E-state index < -0.39 is 0 Å². The van der Waals surface area contributed by atoms with Crippen LogP contribution >= 0.6 is 11.8 Å². The van der Waals surface area contributed by atoms with Crippen molar-refractivity contribution in [3.05, 3.63) is 6.33 Å². The smallest absolute Gasteiger partial charge is 0.230 e. The molecule has 0 aliphatic heterocycles. The number of rotatable bonds is 6. The second-order valence-corrected chi connectivity index (χ2v) is 6.48. The minimum absolute atomic E-state index is 0.00898. The highest BCUT2D eigenvalue weighted by Gasteiger charge is 2.23. The second-order valence-electron chi connectivity index (χ2n) is 5.54. The lowest BCUT2D eigenvalue weighted by atomic mass is 10.1. The Morgan fingerprint density at radius 3 is 3.05 bits per heavy atom. The molecule has 1 aromatic rings. The molecule has 7 heteroatoms. The summed E-state index contributed by atoms with van der Waals surface area (Å²) in [4.78, 5) is 11.8. The quantitative estimate of drug-likeness (QED) is 0.772. The summed E-state index contributed by atoms with van der Waals surface area (Å²) in [6.45, 7) is 4.77. The van der Waals surface area contributed by atoms with Crippen LogP contribution in [-0.4, -0.2) is 44.2 Å². The van der Waals surface area contributed by atoms with Crippen LogP contribution in [0.3, 0.4) is 0 Å². The Morgan fingerprint density at radius 1 is 1.60 bits per heavy atom. The van der Waals surface area contributed by atoms with Gasteiger partial charge in [0.15, 0.2) is 5.16 Å². The van der Waals surface area contributed by atoms with E-state index >= 15 is 0 Å². The monoisotopic (exact) mass is 298 g/mol. The van der Waals surface area contributed by atoms with E-state index in [1.165, 1.54) is 11.8 Å². The van der Waals surface area contributed by atoms with E-state index in [1.54, 1.807) is 6.33 Å².